The van der Waals surface area contributed by atoms with Crippen LogP contribution in [0.25, 0.3) is 0 Å². The lowest BCUT2D eigenvalue weighted by molar-refractivity contribution is 0.397. The minimum atomic E-state index is 0.911. The summed E-state index contributed by atoms with van der Waals surface area (Å²) in [6, 6.07) is 0. The second-order valence-corrected chi connectivity index (χ2v) is 4.28. The highest BCUT2D eigenvalue weighted by atomic mass is 14.6. The molecular formula is C10H19N. The first kappa shape index (κ1) is 7.60. The maximum Gasteiger partial charge on any atom is -0.00745 e. The van der Waals surface area contributed by atoms with Gasteiger partial charge in [0.05, 0.1) is 0 Å². The van der Waals surface area contributed by atoms with Gasteiger partial charge in [-0.2, -0.15) is 0 Å². The van der Waals surface area contributed by atoms with Crippen molar-refractivity contribution in [1.82, 2.24) is 0 Å². The normalized spacial score (nSPS) is 42.8. The van der Waals surface area contributed by atoms with Crippen LogP contribution in [-0.2, 0) is 0 Å². The maximum absolute atomic E-state index is 5.59. The van der Waals surface area contributed by atoms with E-state index in [1.807, 2.05) is 0 Å². The van der Waals surface area contributed by atoms with Crippen LogP contribution in [0, 0.1) is 17.8 Å². The summed E-state index contributed by atoms with van der Waals surface area (Å²) in [7, 11) is 0. The molecule has 0 aromatic carbocycles. The van der Waals surface area contributed by atoms with Gasteiger partial charge in [-0.3, -0.25) is 0 Å². The van der Waals surface area contributed by atoms with Gasteiger partial charge in [-0.25, -0.2) is 0 Å². The Morgan fingerprint density at radius 3 is 2.82 bits per heavy atom. The third-order valence-electron chi connectivity index (χ3n) is 3.52. The van der Waals surface area contributed by atoms with Crippen molar-refractivity contribution in [3.05, 3.63) is 0 Å². The summed E-state index contributed by atoms with van der Waals surface area (Å²) in [5, 5.41) is 0. The predicted octanol–water partition coefficient (Wildman–Crippen LogP) is 2.16. The molecule has 1 heteroatoms. The molecule has 3 atom stereocenters. The van der Waals surface area contributed by atoms with Gasteiger partial charge in [0, 0.05) is 0 Å². The predicted molar refractivity (Wildman–Crippen MR) is 47.2 cm³/mol. The molecule has 0 radical (unpaired) electrons. The molecular weight excluding hydrogens is 134 g/mol. The van der Waals surface area contributed by atoms with Gasteiger partial charge in [0.25, 0.3) is 0 Å². The second-order valence-electron chi connectivity index (χ2n) is 4.28. The molecule has 0 aromatic rings. The SMILES string of the molecule is NCCC1CCCCC2CC12. The number of hydrogen-bond donors (Lipinski definition) is 1. The Hall–Kier alpha value is -0.0400. The molecule has 2 saturated carbocycles. The molecule has 2 aliphatic carbocycles. The zero-order valence-electron chi connectivity index (χ0n) is 7.26. The molecule has 11 heavy (non-hydrogen) atoms. The molecule has 0 aliphatic heterocycles. The summed E-state index contributed by atoms with van der Waals surface area (Å²) in [4.78, 5) is 0. The Labute approximate surface area is 69.4 Å². The van der Waals surface area contributed by atoms with Crippen LogP contribution < -0.4 is 5.73 Å². The van der Waals surface area contributed by atoms with E-state index in [1.54, 1.807) is 0 Å². The van der Waals surface area contributed by atoms with Crippen LogP contribution in [0.5, 0.6) is 0 Å². The highest BCUT2D eigenvalue weighted by Gasteiger charge is 2.42. The fraction of sp³-hybridized carbons (Fsp3) is 1.00. The number of rotatable bonds is 2. The monoisotopic (exact) mass is 153 g/mol. The largest absolute Gasteiger partial charge is 0.330 e. The fourth-order valence-electron chi connectivity index (χ4n) is 2.78. The Balaban J connectivity index is 1.86. The van der Waals surface area contributed by atoms with E-state index in [1.165, 1.54) is 38.5 Å². The summed E-state index contributed by atoms with van der Waals surface area (Å²) < 4.78 is 0. The highest BCUT2D eigenvalue weighted by Crippen LogP contribution is 2.52. The number of nitrogens with two attached hydrogens (primary N) is 1. The van der Waals surface area contributed by atoms with Crippen molar-refractivity contribution in [2.45, 2.75) is 38.5 Å². The van der Waals surface area contributed by atoms with E-state index in [4.69, 9.17) is 5.73 Å². The molecule has 2 N–H and O–H groups in total. The standard InChI is InChI=1S/C10H19N/c11-6-5-8-3-1-2-4-9-7-10(8)9/h8-10H,1-7,11H2. The Morgan fingerprint density at radius 2 is 2.00 bits per heavy atom. The third-order valence-corrected chi connectivity index (χ3v) is 3.52. The van der Waals surface area contributed by atoms with Gasteiger partial charge in [0.15, 0.2) is 0 Å². The Morgan fingerprint density at radius 1 is 1.18 bits per heavy atom. The van der Waals surface area contributed by atoms with Crippen LogP contribution >= 0.6 is 0 Å². The van der Waals surface area contributed by atoms with E-state index in [9.17, 15) is 0 Å². The molecule has 3 unspecified atom stereocenters. The fourth-order valence-corrected chi connectivity index (χ4v) is 2.78. The Kier molecular flexibility index (Phi) is 2.17. The third kappa shape index (κ3) is 1.58. The molecule has 0 aromatic heterocycles. The smallest absolute Gasteiger partial charge is 0.00745 e. The molecule has 2 fully saturated rings. The molecule has 0 amide bonds. The first-order chi connectivity index (χ1) is 5.42. The van der Waals surface area contributed by atoms with E-state index in [-0.39, 0.29) is 0 Å². The Bertz CT molecular complexity index is 133. The average Bonchev–Trinajstić information content (AvgIpc) is 2.72. The van der Waals surface area contributed by atoms with E-state index < -0.39 is 0 Å². The van der Waals surface area contributed by atoms with Crippen molar-refractivity contribution < 1.29 is 0 Å². The molecule has 0 spiro atoms. The first-order valence-corrected chi connectivity index (χ1v) is 5.12. The minimum absolute atomic E-state index is 0.911. The molecule has 0 saturated heterocycles. The van der Waals surface area contributed by atoms with Crippen LogP contribution in [0.3, 0.4) is 0 Å². The highest BCUT2D eigenvalue weighted by molar-refractivity contribution is 4.92. The lowest BCUT2D eigenvalue weighted by atomic mass is 9.95. The second kappa shape index (κ2) is 3.14. The lowest BCUT2D eigenvalue weighted by Gasteiger charge is -2.12. The van der Waals surface area contributed by atoms with Crippen molar-refractivity contribution in [1.29, 1.82) is 0 Å². The van der Waals surface area contributed by atoms with Crippen molar-refractivity contribution in [3.63, 3.8) is 0 Å². The van der Waals surface area contributed by atoms with Gasteiger partial charge in [-0.1, -0.05) is 25.7 Å². The summed E-state index contributed by atoms with van der Waals surface area (Å²) in [6.45, 7) is 0.911. The lowest BCUT2D eigenvalue weighted by Crippen LogP contribution is -2.10. The summed E-state index contributed by atoms with van der Waals surface area (Å²) in [5.41, 5.74) is 5.59. The average molecular weight is 153 g/mol. The van der Waals surface area contributed by atoms with Gasteiger partial charge in [-0.05, 0) is 37.1 Å². The van der Waals surface area contributed by atoms with Crippen LogP contribution in [0.1, 0.15) is 38.5 Å². The molecule has 0 bridgehead atoms. The quantitative estimate of drug-likeness (QED) is 0.646. The zero-order valence-corrected chi connectivity index (χ0v) is 7.26. The zero-order chi connectivity index (χ0) is 7.68. The summed E-state index contributed by atoms with van der Waals surface area (Å²) >= 11 is 0. The van der Waals surface area contributed by atoms with Gasteiger partial charge in [0.2, 0.25) is 0 Å². The molecule has 0 heterocycles. The maximum atomic E-state index is 5.59. The van der Waals surface area contributed by atoms with Crippen molar-refractivity contribution in [2.24, 2.45) is 23.5 Å². The van der Waals surface area contributed by atoms with Crippen LogP contribution in [0.2, 0.25) is 0 Å². The van der Waals surface area contributed by atoms with Crippen molar-refractivity contribution in [3.8, 4) is 0 Å². The summed E-state index contributed by atoms with van der Waals surface area (Å²) in [5.74, 6) is 3.22. The first-order valence-electron chi connectivity index (χ1n) is 5.12. The van der Waals surface area contributed by atoms with Gasteiger partial charge in [0.1, 0.15) is 0 Å². The minimum Gasteiger partial charge on any atom is -0.330 e. The summed E-state index contributed by atoms with van der Waals surface area (Å²) in [6.07, 6.45) is 8.77. The van der Waals surface area contributed by atoms with Gasteiger partial charge < -0.3 is 5.73 Å². The van der Waals surface area contributed by atoms with Crippen LogP contribution in [0.4, 0.5) is 0 Å². The number of fused-ring (bicyclic) bond motifs is 1. The van der Waals surface area contributed by atoms with E-state index in [0.717, 1.165) is 24.3 Å². The van der Waals surface area contributed by atoms with Gasteiger partial charge in [-0.15, -0.1) is 0 Å². The van der Waals surface area contributed by atoms with Crippen LogP contribution in [-0.4, -0.2) is 6.54 Å². The molecule has 1 nitrogen and oxygen atoms in total. The van der Waals surface area contributed by atoms with Crippen molar-refractivity contribution in [2.75, 3.05) is 6.54 Å². The van der Waals surface area contributed by atoms with Crippen LogP contribution in [0.15, 0.2) is 0 Å². The van der Waals surface area contributed by atoms with E-state index in [2.05, 4.69) is 0 Å². The van der Waals surface area contributed by atoms with Crippen molar-refractivity contribution >= 4 is 0 Å². The topological polar surface area (TPSA) is 26.0 Å². The van der Waals surface area contributed by atoms with E-state index in [0.29, 0.717) is 0 Å². The number of hydrogen-bond acceptors (Lipinski definition) is 1. The molecule has 2 rings (SSSR count). The molecule has 64 valence electrons. The van der Waals surface area contributed by atoms with E-state index >= 15 is 0 Å². The van der Waals surface area contributed by atoms with Gasteiger partial charge >= 0.3 is 0 Å². The molecule has 2 aliphatic rings.